The topological polar surface area (TPSA) is 0 Å². The van der Waals surface area contributed by atoms with Crippen molar-refractivity contribution in [3.63, 3.8) is 0 Å². The highest BCUT2D eigenvalue weighted by Crippen LogP contribution is 2.43. The molecule has 0 aromatic rings. The third kappa shape index (κ3) is 2.68. The fourth-order valence-electron chi connectivity index (χ4n) is 2.86. The molecular formula is C15H25Si. The van der Waals surface area contributed by atoms with Crippen molar-refractivity contribution in [2.24, 2.45) is 0 Å². The predicted molar refractivity (Wildman–Crippen MR) is 75.6 cm³/mol. The molecule has 0 spiro atoms. The second-order valence-corrected chi connectivity index (χ2v) is 9.70. The van der Waals surface area contributed by atoms with Gasteiger partial charge in [-0.3, -0.25) is 0 Å². The largest absolute Gasteiger partial charge is 0.0702 e. The molecule has 0 aliphatic heterocycles. The van der Waals surface area contributed by atoms with Crippen molar-refractivity contribution in [1.82, 2.24) is 0 Å². The summed E-state index contributed by atoms with van der Waals surface area (Å²) in [6.07, 6.45) is 8.03. The third-order valence-corrected chi connectivity index (χ3v) is 6.16. The van der Waals surface area contributed by atoms with Crippen LogP contribution >= 0.6 is 0 Å². The fraction of sp³-hybridized carbons (Fsp3) is 0.667. The van der Waals surface area contributed by atoms with Crippen LogP contribution in [-0.2, 0) is 0 Å². The van der Waals surface area contributed by atoms with Gasteiger partial charge < -0.3 is 0 Å². The van der Waals surface area contributed by atoms with Gasteiger partial charge in [0.05, 0.1) is 0 Å². The van der Waals surface area contributed by atoms with Crippen molar-refractivity contribution in [2.75, 3.05) is 0 Å². The summed E-state index contributed by atoms with van der Waals surface area (Å²) in [6, 6.07) is 1.42. The zero-order valence-electron chi connectivity index (χ0n) is 11.3. The van der Waals surface area contributed by atoms with Crippen molar-refractivity contribution >= 4 is 9.52 Å². The van der Waals surface area contributed by atoms with E-state index in [-0.39, 0.29) is 9.52 Å². The van der Waals surface area contributed by atoms with Crippen molar-refractivity contribution in [3.05, 3.63) is 28.7 Å². The minimum Gasteiger partial charge on any atom is -0.0702 e. The van der Waals surface area contributed by atoms with E-state index in [0.717, 1.165) is 0 Å². The maximum absolute atomic E-state index is 2.49. The molecule has 0 aromatic carbocycles. The number of hydrogen-bond donors (Lipinski definition) is 0. The third-order valence-electron chi connectivity index (χ3n) is 3.87. The van der Waals surface area contributed by atoms with Gasteiger partial charge in [0.1, 0.15) is 0 Å². The molecular weight excluding hydrogens is 208 g/mol. The first-order chi connectivity index (χ1) is 7.47. The van der Waals surface area contributed by atoms with Crippen LogP contribution in [0.5, 0.6) is 0 Å². The van der Waals surface area contributed by atoms with E-state index >= 15 is 0 Å². The summed E-state index contributed by atoms with van der Waals surface area (Å²) in [5.41, 5.74) is 5.04. The summed E-state index contributed by atoms with van der Waals surface area (Å²) in [5.74, 6) is 1.72. The SMILES string of the molecule is CC1=C[C](C[SiH2]C(C)(C)C)C2=C1CCCC2. The average molecular weight is 233 g/mol. The van der Waals surface area contributed by atoms with Gasteiger partial charge in [-0.2, -0.15) is 0 Å². The van der Waals surface area contributed by atoms with Gasteiger partial charge in [0.25, 0.3) is 0 Å². The molecule has 0 N–H and O–H groups in total. The molecule has 0 amide bonds. The Hall–Kier alpha value is -0.303. The van der Waals surface area contributed by atoms with Crippen LogP contribution in [0.1, 0.15) is 53.4 Å². The summed E-state index contributed by atoms with van der Waals surface area (Å²) in [6.45, 7) is 9.52. The van der Waals surface area contributed by atoms with Crippen LogP contribution in [-0.4, -0.2) is 9.52 Å². The molecule has 1 heteroatoms. The van der Waals surface area contributed by atoms with Crippen LogP contribution in [0.2, 0.25) is 11.1 Å². The van der Waals surface area contributed by atoms with Crippen LogP contribution in [0.3, 0.4) is 0 Å². The number of allylic oxidation sites excluding steroid dienone is 4. The molecule has 0 saturated carbocycles. The molecule has 0 unspecified atom stereocenters. The summed E-state index contributed by atoms with van der Waals surface area (Å²) in [5, 5.41) is 0.604. The highest BCUT2D eigenvalue weighted by atomic mass is 28.2. The Kier molecular flexibility index (Phi) is 3.44. The Morgan fingerprint density at radius 3 is 2.38 bits per heavy atom. The standard InChI is InChI=1S/C15H25Si/c1-11-9-12(10-16-15(2,3)4)14-8-6-5-7-13(11)14/h9H,5-8,10,16H2,1-4H3. The molecule has 1 radical (unpaired) electrons. The first kappa shape index (κ1) is 12.2. The molecule has 0 aromatic heterocycles. The van der Waals surface area contributed by atoms with E-state index in [1.165, 1.54) is 31.7 Å². The van der Waals surface area contributed by atoms with E-state index in [1.54, 1.807) is 22.6 Å². The zero-order chi connectivity index (χ0) is 11.8. The fourth-order valence-corrected chi connectivity index (χ4v) is 4.33. The highest BCUT2D eigenvalue weighted by molar-refractivity contribution is 6.40. The van der Waals surface area contributed by atoms with Gasteiger partial charge in [-0.1, -0.05) is 38.0 Å². The van der Waals surface area contributed by atoms with E-state index < -0.39 is 0 Å². The zero-order valence-corrected chi connectivity index (χ0v) is 12.7. The first-order valence-corrected chi connectivity index (χ1v) is 8.45. The smallest absolute Gasteiger partial charge is 0.0273 e. The minimum atomic E-state index is 0.0344. The molecule has 2 aliphatic carbocycles. The monoisotopic (exact) mass is 233 g/mol. The second-order valence-electron chi connectivity index (χ2n) is 6.58. The number of hydrogen-bond acceptors (Lipinski definition) is 0. The van der Waals surface area contributed by atoms with Gasteiger partial charge in [0, 0.05) is 15.4 Å². The lowest BCUT2D eigenvalue weighted by molar-refractivity contribution is 0.680. The highest BCUT2D eigenvalue weighted by Gasteiger charge is 2.27. The van der Waals surface area contributed by atoms with Gasteiger partial charge in [0.2, 0.25) is 0 Å². The lowest BCUT2D eigenvalue weighted by Crippen LogP contribution is -2.12. The van der Waals surface area contributed by atoms with Crippen molar-refractivity contribution < 1.29 is 0 Å². The van der Waals surface area contributed by atoms with E-state index in [2.05, 4.69) is 33.8 Å². The molecule has 0 atom stereocenters. The molecule has 2 aliphatic rings. The Balaban J connectivity index is 2.04. The van der Waals surface area contributed by atoms with Crippen LogP contribution in [0, 0.1) is 5.92 Å². The number of rotatable bonds is 2. The summed E-state index contributed by atoms with van der Waals surface area (Å²) >= 11 is 0. The van der Waals surface area contributed by atoms with Gasteiger partial charge in [-0.15, -0.1) is 0 Å². The molecule has 0 bridgehead atoms. The lowest BCUT2D eigenvalue weighted by Gasteiger charge is -2.23. The van der Waals surface area contributed by atoms with Crippen molar-refractivity contribution in [1.29, 1.82) is 0 Å². The lowest BCUT2D eigenvalue weighted by atomic mass is 9.88. The van der Waals surface area contributed by atoms with E-state index in [9.17, 15) is 0 Å². The Labute approximate surface area is 103 Å². The summed E-state index contributed by atoms with van der Waals surface area (Å²) in [4.78, 5) is 0. The Bertz CT molecular complexity index is 328. The summed E-state index contributed by atoms with van der Waals surface area (Å²) < 4.78 is 0. The van der Waals surface area contributed by atoms with Crippen LogP contribution in [0.4, 0.5) is 0 Å². The first-order valence-electron chi connectivity index (χ1n) is 6.74. The van der Waals surface area contributed by atoms with Gasteiger partial charge in [0.15, 0.2) is 0 Å². The molecule has 16 heavy (non-hydrogen) atoms. The van der Waals surface area contributed by atoms with Crippen molar-refractivity contribution in [2.45, 2.75) is 64.5 Å². The predicted octanol–water partition coefficient (Wildman–Crippen LogP) is 4.20. The van der Waals surface area contributed by atoms with Crippen LogP contribution in [0.15, 0.2) is 22.8 Å². The Morgan fingerprint density at radius 2 is 1.75 bits per heavy atom. The van der Waals surface area contributed by atoms with E-state index in [1.807, 2.05) is 0 Å². The molecule has 0 fully saturated rings. The maximum Gasteiger partial charge on any atom is 0.0273 e. The minimum absolute atomic E-state index is 0.0344. The average Bonchev–Trinajstić information content (AvgIpc) is 2.53. The van der Waals surface area contributed by atoms with Gasteiger partial charge >= 0.3 is 0 Å². The summed E-state index contributed by atoms with van der Waals surface area (Å²) in [7, 11) is 0.0344. The van der Waals surface area contributed by atoms with Crippen LogP contribution in [0.25, 0.3) is 0 Å². The van der Waals surface area contributed by atoms with E-state index in [0.29, 0.717) is 5.04 Å². The van der Waals surface area contributed by atoms with E-state index in [4.69, 9.17) is 0 Å². The molecule has 0 saturated heterocycles. The molecule has 2 rings (SSSR count). The van der Waals surface area contributed by atoms with Gasteiger partial charge in [-0.25, -0.2) is 0 Å². The maximum atomic E-state index is 2.49. The molecule has 89 valence electrons. The molecule has 0 nitrogen and oxygen atoms in total. The van der Waals surface area contributed by atoms with Crippen molar-refractivity contribution in [3.8, 4) is 0 Å². The normalized spacial score (nSPS) is 23.1. The quantitative estimate of drug-likeness (QED) is 0.627. The second kappa shape index (κ2) is 4.52. The molecule has 0 heterocycles. The Morgan fingerprint density at radius 1 is 1.12 bits per heavy atom. The van der Waals surface area contributed by atoms with Gasteiger partial charge in [-0.05, 0) is 49.3 Å². The van der Waals surface area contributed by atoms with Crippen LogP contribution < -0.4 is 0 Å².